The smallest absolute Gasteiger partial charge is 0.263 e. The molecule has 0 unspecified atom stereocenters. The lowest BCUT2D eigenvalue weighted by Crippen LogP contribution is -2.14. The summed E-state index contributed by atoms with van der Waals surface area (Å²) in [5.74, 6) is 0.619. The van der Waals surface area contributed by atoms with Crippen LogP contribution in [0.2, 0.25) is 0 Å². The molecule has 6 nitrogen and oxygen atoms in total. The van der Waals surface area contributed by atoms with Gasteiger partial charge in [-0.15, -0.1) is 0 Å². The van der Waals surface area contributed by atoms with Gasteiger partial charge in [-0.25, -0.2) is 9.37 Å². The largest absolute Gasteiger partial charge is 0.496 e. The SMILES string of the molecule is COc1cccc(OC)c1C(=O)Nc1ccc(Nc2cccc(F)c2)nc1. The third-order valence-corrected chi connectivity index (χ3v) is 3.77. The number of aromatic nitrogens is 1. The first kappa shape index (κ1) is 18.2. The molecule has 3 aromatic rings. The predicted molar refractivity (Wildman–Crippen MR) is 101 cm³/mol. The first-order valence-electron chi connectivity index (χ1n) is 8.11. The number of rotatable bonds is 6. The van der Waals surface area contributed by atoms with Crippen LogP contribution < -0.4 is 20.1 Å². The molecular weight excluding hydrogens is 349 g/mol. The average molecular weight is 367 g/mol. The van der Waals surface area contributed by atoms with E-state index in [0.717, 1.165) is 0 Å². The van der Waals surface area contributed by atoms with Gasteiger partial charge in [0.05, 0.1) is 26.1 Å². The van der Waals surface area contributed by atoms with Gasteiger partial charge in [-0.1, -0.05) is 12.1 Å². The molecule has 0 spiro atoms. The molecule has 0 aliphatic carbocycles. The highest BCUT2D eigenvalue weighted by Gasteiger charge is 2.18. The van der Waals surface area contributed by atoms with Crippen LogP contribution in [0, 0.1) is 5.82 Å². The van der Waals surface area contributed by atoms with E-state index in [-0.39, 0.29) is 11.7 Å². The molecule has 2 aromatic carbocycles. The van der Waals surface area contributed by atoms with Crippen molar-refractivity contribution in [2.75, 3.05) is 24.9 Å². The Balaban J connectivity index is 1.74. The second-order valence-electron chi connectivity index (χ2n) is 5.56. The number of hydrogen-bond acceptors (Lipinski definition) is 5. The molecule has 0 fully saturated rings. The summed E-state index contributed by atoms with van der Waals surface area (Å²) in [4.78, 5) is 16.9. The number of carbonyl (C=O) groups is 1. The van der Waals surface area contributed by atoms with E-state index in [2.05, 4.69) is 15.6 Å². The van der Waals surface area contributed by atoms with Crippen LogP contribution in [0.25, 0.3) is 0 Å². The van der Waals surface area contributed by atoms with E-state index < -0.39 is 0 Å². The lowest BCUT2D eigenvalue weighted by molar-refractivity contribution is 0.102. The molecule has 0 radical (unpaired) electrons. The normalized spacial score (nSPS) is 10.2. The number of halogens is 1. The van der Waals surface area contributed by atoms with E-state index in [1.807, 2.05) is 0 Å². The summed E-state index contributed by atoms with van der Waals surface area (Å²) in [6.07, 6.45) is 1.50. The molecule has 2 N–H and O–H groups in total. The standard InChI is InChI=1S/C20H18FN3O3/c1-26-16-7-4-8-17(27-2)19(16)20(25)24-15-9-10-18(22-12-15)23-14-6-3-5-13(21)11-14/h3-12H,1-2H3,(H,22,23)(H,24,25). The molecule has 0 aliphatic rings. The molecule has 0 saturated heterocycles. The van der Waals surface area contributed by atoms with Crippen LogP contribution >= 0.6 is 0 Å². The van der Waals surface area contributed by atoms with Gasteiger partial charge in [0.25, 0.3) is 5.91 Å². The minimum absolute atomic E-state index is 0.296. The minimum atomic E-state index is -0.378. The second-order valence-corrected chi connectivity index (χ2v) is 5.56. The van der Waals surface area contributed by atoms with Gasteiger partial charge in [-0.3, -0.25) is 4.79 Å². The van der Waals surface area contributed by atoms with Gasteiger partial charge in [0.2, 0.25) is 0 Å². The summed E-state index contributed by atoms with van der Waals surface area (Å²) in [5.41, 5.74) is 1.38. The topological polar surface area (TPSA) is 72.5 Å². The Kier molecular flexibility index (Phi) is 5.51. The van der Waals surface area contributed by atoms with E-state index in [1.54, 1.807) is 42.5 Å². The maximum Gasteiger partial charge on any atom is 0.263 e. The zero-order valence-corrected chi connectivity index (χ0v) is 14.8. The number of nitrogens with one attached hydrogen (secondary N) is 2. The highest BCUT2D eigenvalue weighted by atomic mass is 19.1. The highest BCUT2D eigenvalue weighted by Crippen LogP contribution is 2.29. The number of anilines is 3. The lowest BCUT2D eigenvalue weighted by Gasteiger charge is -2.13. The fourth-order valence-electron chi connectivity index (χ4n) is 2.52. The Bertz CT molecular complexity index is 923. The number of pyridine rings is 1. The number of methoxy groups -OCH3 is 2. The molecule has 1 heterocycles. The third-order valence-electron chi connectivity index (χ3n) is 3.77. The summed E-state index contributed by atoms with van der Waals surface area (Å²) < 4.78 is 23.7. The summed E-state index contributed by atoms with van der Waals surface area (Å²) in [7, 11) is 2.97. The van der Waals surface area contributed by atoms with Crippen molar-refractivity contribution in [3.63, 3.8) is 0 Å². The Morgan fingerprint density at radius 2 is 1.67 bits per heavy atom. The molecule has 7 heteroatoms. The van der Waals surface area contributed by atoms with Crippen LogP contribution in [0.5, 0.6) is 11.5 Å². The maximum atomic E-state index is 13.2. The van der Waals surface area contributed by atoms with Crippen LogP contribution in [0.1, 0.15) is 10.4 Å². The lowest BCUT2D eigenvalue weighted by atomic mass is 10.1. The summed E-state index contributed by atoms with van der Waals surface area (Å²) in [6.45, 7) is 0. The number of nitrogens with zero attached hydrogens (tertiary/aromatic N) is 1. The van der Waals surface area contributed by atoms with Crippen LogP contribution in [-0.2, 0) is 0 Å². The fraction of sp³-hybridized carbons (Fsp3) is 0.100. The average Bonchev–Trinajstić information content (AvgIpc) is 2.68. The summed E-state index contributed by atoms with van der Waals surface area (Å²) in [6, 6.07) is 14.5. The van der Waals surface area contributed by atoms with Crippen molar-refractivity contribution in [1.82, 2.24) is 4.98 Å². The number of amides is 1. The maximum absolute atomic E-state index is 13.2. The van der Waals surface area contributed by atoms with Crippen LogP contribution in [-0.4, -0.2) is 25.1 Å². The quantitative estimate of drug-likeness (QED) is 0.682. The number of benzene rings is 2. The molecule has 0 bridgehead atoms. The Labute approximate surface area is 156 Å². The number of ether oxygens (including phenoxy) is 2. The van der Waals surface area contributed by atoms with Crippen molar-refractivity contribution < 1.29 is 18.7 Å². The van der Waals surface area contributed by atoms with E-state index in [0.29, 0.717) is 34.3 Å². The number of carbonyl (C=O) groups excluding carboxylic acids is 1. The van der Waals surface area contributed by atoms with Crippen molar-refractivity contribution in [3.8, 4) is 11.5 Å². The van der Waals surface area contributed by atoms with Gasteiger partial charge in [0.15, 0.2) is 0 Å². The van der Waals surface area contributed by atoms with Crippen LogP contribution in [0.4, 0.5) is 21.6 Å². The zero-order chi connectivity index (χ0) is 19.2. The minimum Gasteiger partial charge on any atom is -0.496 e. The Hall–Kier alpha value is -3.61. The molecule has 27 heavy (non-hydrogen) atoms. The highest BCUT2D eigenvalue weighted by molar-refractivity contribution is 6.08. The summed E-state index contributed by atoms with van der Waals surface area (Å²) in [5, 5.41) is 5.75. The molecule has 1 amide bonds. The first-order valence-corrected chi connectivity index (χ1v) is 8.11. The van der Waals surface area contributed by atoms with Gasteiger partial charge in [0, 0.05) is 5.69 Å². The van der Waals surface area contributed by atoms with Crippen molar-refractivity contribution in [1.29, 1.82) is 0 Å². The van der Waals surface area contributed by atoms with Crippen LogP contribution in [0.3, 0.4) is 0 Å². The zero-order valence-electron chi connectivity index (χ0n) is 14.8. The van der Waals surface area contributed by atoms with Gasteiger partial charge in [-0.2, -0.15) is 0 Å². The number of hydrogen-bond donors (Lipinski definition) is 2. The van der Waals surface area contributed by atoms with Gasteiger partial charge >= 0.3 is 0 Å². The third kappa shape index (κ3) is 4.33. The molecule has 138 valence electrons. The van der Waals surface area contributed by atoms with E-state index in [1.165, 1.54) is 32.5 Å². The molecule has 1 aromatic heterocycles. The van der Waals surface area contributed by atoms with Crippen molar-refractivity contribution >= 4 is 23.1 Å². The second kappa shape index (κ2) is 8.18. The van der Waals surface area contributed by atoms with Gasteiger partial charge in [-0.05, 0) is 42.5 Å². The Morgan fingerprint density at radius 3 is 2.26 bits per heavy atom. The predicted octanol–water partition coefficient (Wildman–Crippen LogP) is 4.23. The first-order chi connectivity index (χ1) is 13.1. The summed E-state index contributed by atoms with van der Waals surface area (Å²) >= 11 is 0. The molecule has 0 saturated carbocycles. The molecule has 0 atom stereocenters. The van der Waals surface area contributed by atoms with E-state index in [4.69, 9.17) is 9.47 Å². The van der Waals surface area contributed by atoms with Crippen molar-refractivity contribution in [2.24, 2.45) is 0 Å². The van der Waals surface area contributed by atoms with Crippen molar-refractivity contribution in [2.45, 2.75) is 0 Å². The molecule has 0 aliphatic heterocycles. The van der Waals surface area contributed by atoms with Gasteiger partial charge < -0.3 is 20.1 Å². The molecule has 3 rings (SSSR count). The molecular formula is C20H18FN3O3. The van der Waals surface area contributed by atoms with E-state index >= 15 is 0 Å². The Morgan fingerprint density at radius 1 is 0.963 bits per heavy atom. The monoisotopic (exact) mass is 367 g/mol. The van der Waals surface area contributed by atoms with Gasteiger partial charge in [0.1, 0.15) is 28.7 Å². The van der Waals surface area contributed by atoms with Crippen LogP contribution in [0.15, 0.2) is 60.8 Å². The van der Waals surface area contributed by atoms with Crippen molar-refractivity contribution in [3.05, 3.63) is 72.2 Å². The fourth-order valence-corrected chi connectivity index (χ4v) is 2.52. The van der Waals surface area contributed by atoms with E-state index in [9.17, 15) is 9.18 Å².